The normalized spacial score (nSPS) is 10.3. The van der Waals surface area contributed by atoms with E-state index in [2.05, 4.69) is 10.3 Å². The Labute approximate surface area is 92.3 Å². The maximum atomic E-state index is 11.6. The molecular formula is C9H15N3O2S. The Morgan fingerprint density at radius 2 is 2.33 bits per heavy atom. The van der Waals surface area contributed by atoms with Crippen molar-refractivity contribution < 1.29 is 9.90 Å². The first-order valence-electron chi connectivity index (χ1n) is 4.77. The molecule has 6 heteroatoms. The second-order valence-corrected chi connectivity index (χ2v) is 4.18. The number of carbonyl (C=O) groups excluding carboxylic acids is 1. The van der Waals surface area contributed by atoms with Gasteiger partial charge >= 0.3 is 0 Å². The van der Waals surface area contributed by atoms with Crippen molar-refractivity contribution in [1.29, 1.82) is 0 Å². The maximum absolute atomic E-state index is 11.6. The van der Waals surface area contributed by atoms with Crippen LogP contribution in [0.5, 0.6) is 0 Å². The molecule has 1 amide bonds. The third-order valence-electron chi connectivity index (χ3n) is 1.89. The summed E-state index contributed by atoms with van der Waals surface area (Å²) in [6.07, 6.45) is 1.47. The number of aliphatic hydroxyl groups excluding tert-OH is 1. The smallest absolute Gasteiger partial charge is 0.263 e. The number of amides is 1. The molecule has 1 aromatic heterocycles. The number of nitrogen functional groups attached to an aromatic ring is 1. The summed E-state index contributed by atoms with van der Waals surface area (Å²) in [5.74, 6) is -0.139. The van der Waals surface area contributed by atoms with Gasteiger partial charge in [-0.2, -0.15) is 0 Å². The van der Waals surface area contributed by atoms with Crippen LogP contribution in [-0.2, 0) is 0 Å². The van der Waals surface area contributed by atoms with Crippen LogP contribution in [0.15, 0.2) is 0 Å². The van der Waals surface area contributed by atoms with E-state index in [0.29, 0.717) is 28.7 Å². The fourth-order valence-corrected chi connectivity index (χ4v) is 1.90. The van der Waals surface area contributed by atoms with Gasteiger partial charge in [0, 0.05) is 13.2 Å². The summed E-state index contributed by atoms with van der Waals surface area (Å²) >= 11 is 1.19. The van der Waals surface area contributed by atoms with Crippen molar-refractivity contribution in [2.24, 2.45) is 0 Å². The number of nitrogens with two attached hydrogens (primary N) is 1. The second-order valence-electron chi connectivity index (χ2n) is 3.15. The highest BCUT2D eigenvalue weighted by Crippen LogP contribution is 2.19. The highest BCUT2D eigenvalue weighted by molar-refractivity contribution is 7.17. The van der Waals surface area contributed by atoms with Gasteiger partial charge in [-0.3, -0.25) is 4.79 Å². The number of nitrogens with one attached hydrogen (secondary N) is 1. The first-order chi connectivity index (χ1) is 7.15. The summed E-state index contributed by atoms with van der Waals surface area (Å²) in [7, 11) is 0. The van der Waals surface area contributed by atoms with Crippen molar-refractivity contribution >= 4 is 22.4 Å². The zero-order valence-electron chi connectivity index (χ0n) is 8.62. The number of anilines is 1. The number of nitrogens with zero attached hydrogens (tertiary/aromatic N) is 1. The van der Waals surface area contributed by atoms with Crippen LogP contribution in [0.3, 0.4) is 0 Å². The van der Waals surface area contributed by atoms with Crippen LogP contribution in [-0.4, -0.2) is 29.1 Å². The van der Waals surface area contributed by atoms with Crippen LogP contribution >= 0.6 is 11.3 Å². The van der Waals surface area contributed by atoms with Crippen molar-refractivity contribution in [2.75, 3.05) is 18.9 Å². The van der Waals surface area contributed by atoms with Gasteiger partial charge in [-0.05, 0) is 19.8 Å². The van der Waals surface area contributed by atoms with Gasteiger partial charge in [0.15, 0.2) is 5.13 Å². The molecule has 4 N–H and O–H groups in total. The zero-order valence-corrected chi connectivity index (χ0v) is 9.43. The standard InChI is InChI=1S/C9H15N3O2S/c1-6-7(15-9(10)12-6)8(14)11-4-2-3-5-13/h13H,2-5H2,1H3,(H2,10,12)(H,11,14). The Balaban J connectivity index is 2.43. The number of unbranched alkanes of at least 4 members (excludes halogenated alkanes) is 1. The molecule has 0 aliphatic heterocycles. The molecular weight excluding hydrogens is 214 g/mol. The Bertz CT molecular complexity index is 338. The van der Waals surface area contributed by atoms with Gasteiger partial charge in [-0.1, -0.05) is 11.3 Å². The number of rotatable bonds is 5. The van der Waals surface area contributed by atoms with E-state index < -0.39 is 0 Å². The van der Waals surface area contributed by atoms with Crippen molar-refractivity contribution in [3.8, 4) is 0 Å². The third-order valence-corrected chi connectivity index (χ3v) is 2.88. The number of hydrogen-bond donors (Lipinski definition) is 3. The molecule has 0 spiro atoms. The molecule has 0 aromatic carbocycles. The molecule has 1 heterocycles. The van der Waals surface area contributed by atoms with E-state index in [9.17, 15) is 4.79 Å². The monoisotopic (exact) mass is 229 g/mol. The van der Waals surface area contributed by atoms with Crippen molar-refractivity contribution in [3.05, 3.63) is 10.6 Å². The van der Waals surface area contributed by atoms with Gasteiger partial charge in [0.05, 0.1) is 5.69 Å². The quantitative estimate of drug-likeness (QED) is 0.643. The van der Waals surface area contributed by atoms with Crippen molar-refractivity contribution in [1.82, 2.24) is 10.3 Å². The highest BCUT2D eigenvalue weighted by atomic mass is 32.1. The minimum absolute atomic E-state index is 0.139. The number of aromatic nitrogens is 1. The lowest BCUT2D eigenvalue weighted by Gasteiger charge is -2.02. The van der Waals surface area contributed by atoms with Crippen LogP contribution in [0.2, 0.25) is 0 Å². The summed E-state index contributed by atoms with van der Waals surface area (Å²) in [6.45, 7) is 2.48. The summed E-state index contributed by atoms with van der Waals surface area (Å²) in [6, 6.07) is 0. The van der Waals surface area contributed by atoms with Gasteiger partial charge in [0.1, 0.15) is 4.88 Å². The van der Waals surface area contributed by atoms with Crippen LogP contribution in [0, 0.1) is 6.92 Å². The largest absolute Gasteiger partial charge is 0.396 e. The first kappa shape index (κ1) is 11.9. The summed E-state index contributed by atoms with van der Waals surface area (Å²) < 4.78 is 0. The molecule has 15 heavy (non-hydrogen) atoms. The molecule has 84 valence electrons. The van der Waals surface area contributed by atoms with Crippen LogP contribution in [0.4, 0.5) is 5.13 Å². The molecule has 0 unspecified atom stereocenters. The van der Waals surface area contributed by atoms with Gasteiger partial charge < -0.3 is 16.2 Å². The fraction of sp³-hybridized carbons (Fsp3) is 0.556. The van der Waals surface area contributed by atoms with E-state index in [4.69, 9.17) is 10.8 Å². The van der Waals surface area contributed by atoms with E-state index in [1.165, 1.54) is 11.3 Å². The van der Waals surface area contributed by atoms with Crippen LogP contribution in [0.25, 0.3) is 0 Å². The molecule has 1 aromatic rings. The number of aryl methyl sites for hydroxylation is 1. The fourth-order valence-electron chi connectivity index (χ4n) is 1.15. The third kappa shape index (κ3) is 3.49. The molecule has 1 rings (SSSR count). The number of carbonyl (C=O) groups is 1. The Morgan fingerprint density at radius 1 is 1.60 bits per heavy atom. The highest BCUT2D eigenvalue weighted by Gasteiger charge is 2.12. The average molecular weight is 229 g/mol. The van der Waals surface area contributed by atoms with E-state index >= 15 is 0 Å². The molecule has 0 saturated carbocycles. The second kappa shape index (κ2) is 5.67. The van der Waals surface area contributed by atoms with E-state index in [1.807, 2.05) is 0 Å². The summed E-state index contributed by atoms with van der Waals surface area (Å²) in [4.78, 5) is 16.1. The zero-order chi connectivity index (χ0) is 11.3. The van der Waals surface area contributed by atoms with Gasteiger partial charge in [0.25, 0.3) is 5.91 Å². The lowest BCUT2D eigenvalue weighted by Crippen LogP contribution is -2.24. The molecule has 5 nitrogen and oxygen atoms in total. The lowest BCUT2D eigenvalue weighted by molar-refractivity contribution is 0.0955. The Hall–Kier alpha value is -1.14. The van der Waals surface area contributed by atoms with Gasteiger partial charge in [0.2, 0.25) is 0 Å². The lowest BCUT2D eigenvalue weighted by atomic mass is 10.3. The number of thiazole rings is 1. The van der Waals surface area contributed by atoms with Crippen LogP contribution in [0.1, 0.15) is 28.2 Å². The first-order valence-corrected chi connectivity index (χ1v) is 5.58. The Kier molecular flexibility index (Phi) is 4.51. The van der Waals surface area contributed by atoms with Gasteiger partial charge in [-0.25, -0.2) is 4.98 Å². The molecule has 0 saturated heterocycles. The van der Waals surface area contributed by atoms with E-state index in [0.717, 1.165) is 6.42 Å². The van der Waals surface area contributed by atoms with Crippen molar-refractivity contribution in [2.45, 2.75) is 19.8 Å². The molecule has 0 atom stereocenters. The molecule has 0 aliphatic carbocycles. The number of aliphatic hydroxyl groups is 1. The number of hydrogen-bond acceptors (Lipinski definition) is 5. The summed E-state index contributed by atoms with van der Waals surface area (Å²) in [5, 5.41) is 11.7. The van der Waals surface area contributed by atoms with Gasteiger partial charge in [-0.15, -0.1) is 0 Å². The molecule has 0 radical (unpaired) electrons. The predicted octanol–water partition coefficient (Wildman–Crippen LogP) is 0.536. The van der Waals surface area contributed by atoms with E-state index in [1.54, 1.807) is 6.92 Å². The molecule has 0 fully saturated rings. The topological polar surface area (TPSA) is 88.2 Å². The minimum Gasteiger partial charge on any atom is -0.396 e. The molecule has 0 aliphatic rings. The average Bonchev–Trinajstić information content (AvgIpc) is 2.52. The SMILES string of the molecule is Cc1nc(N)sc1C(=O)NCCCCO. The predicted molar refractivity (Wildman–Crippen MR) is 59.9 cm³/mol. The van der Waals surface area contributed by atoms with Crippen molar-refractivity contribution in [3.63, 3.8) is 0 Å². The Morgan fingerprint density at radius 3 is 2.87 bits per heavy atom. The van der Waals surface area contributed by atoms with Crippen LogP contribution < -0.4 is 11.1 Å². The minimum atomic E-state index is -0.139. The van der Waals surface area contributed by atoms with E-state index in [-0.39, 0.29) is 12.5 Å². The summed E-state index contributed by atoms with van der Waals surface area (Å²) in [5.41, 5.74) is 6.15. The molecule has 0 bridgehead atoms. The maximum Gasteiger partial charge on any atom is 0.263 e.